The Morgan fingerprint density at radius 2 is 1.39 bits per heavy atom. The minimum absolute atomic E-state index is 0.0629. The first-order chi connectivity index (χ1) is 19.4. The lowest BCUT2D eigenvalue weighted by atomic mass is 9.73. The van der Waals surface area contributed by atoms with Crippen LogP contribution in [0.4, 0.5) is 0 Å². The fourth-order valence-corrected chi connectivity index (χ4v) is 6.89. The van der Waals surface area contributed by atoms with Gasteiger partial charge in [0.15, 0.2) is 12.6 Å². The molecule has 15 atom stereocenters. The Kier molecular flexibility index (Phi) is 10.0. The topological polar surface area (TPSA) is 225 Å². The van der Waals surface area contributed by atoms with Gasteiger partial charge in [-0.25, -0.2) is 0 Å². The summed E-state index contributed by atoms with van der Waals surface area (Å²) in [6.07, 6.45) is -13.8. The fraction of sp³-hybridized carbons (Fsp3) is 0.963. The van der Waals surface area contributed by atoms with E-state index in [4.69, 9.17) is 23.7 Å². The summed E-state index contributed by atoms with van der Waals surface area (Å²) in [5.74, 6) is -0.613. The number of carbonyl (C=O) groups is 1. The highest BCUT2D eigenvalue weighted by Gasteiger charge is 2.51. The van der Waals surface area contributed by atoms with E-state index >= 15 is 0 Å². The molecule has 5 unspecified atom stereocenters. The molecule has 0 aromatic carbocycles. The Bertz CT molecular complexity index is 884. The van der Waals surface area contributed by atoms with Crippen LogP contribution >= 0.6 is 0 Å². The van der Waals surface area contributed by atoms with E-state index in [9.17, 15) is 45.6 Å². The first-order valence-corrected chi connectivity index (χ1v) is 14.6. The molecule has 14 nitrogen and oxygen atoms in total. The summed E-state index contributed by atoms with van der Waals surface area (Å²) in [5, 5.41) is 82.3. The monoisotopic (exact) mass is 592 g/mol. The maximum Gasteiger partial charge on any atom is 0.186 e. The lowest BCUT2D eigenvalue weighted by Gasteiger charge is -2.47. The third kappa shape index (κ3) is 6.65. The number of rotatable bonds is 6. The lowest BCUT2D eigenvalue weighted by Crippen LogP contribution is -2.62. The van der Waals surface area contributed by atoms with E-state index in [-0.39, 0.29) is 43.2 Å². The number of ether oxygens (including phenoxy) is 5. The van der Waals surface area contributed by atoms with Crippen molar-refractivity contribution in [1.82, 2.24) is 0 Å². The fourth-order valence-electron chi connectivity index (χ4n) is 6.89. The minimum atomic E-state index is -1.68. The van der Waals surface area contributed by atoms with Crippen LogP contribution < -0.4 is 0 Å². The van der Waals surface area contributed by atoms with Gasteiger partial charge in [0.25, 0.3) is 0 Å². The third-order valence-electron chi connectivity index (χ3n) is 9.43. The number of hydrogen-bond donors (Lipinski definition) is 8. The molecule has 0 amide bonds. The first kappa shape index (κ1) is 31.6. The van der Waals surface area contributed by atoms with Gasteiger partial charge >= 0.3 is 0 Å². The molecule has 3 saturated heterocycles. The minimum Gasteiger partial charge on any atom is -0.393 e. The quantitative estimate of drug-likeness (QED) is 0.155. The SMILES string of the molecule is C[C@@H]1O[C@@H](OC[C@H]2O[C@@H](OC3CC(O)C4C(=O)CC(C5CCC(O)CC5)OC4C3)[C@H](O)[C@@H](O)[C@@H]2O)[C@H](O)[C@H](O)[C@H]1O. The molecule has 3 aliphatic heterocycles. The van der Waals surface area contributed by atoms with Gasteiger partial charge in [-0.1, -0.05) is 0 Å². The smallest absolute Gasteiger partial charge is 0.186 e. The standard InChI is InChI=1S/C27H44O14/c1-10-20(31)22(33)24(35)26(38-10)37-9-18-21(32)23(34)25(36)27(41-18)39-13-6-14(29)19-15(30)8-16(40-17(19)7-13)11-2-4-12(28)5-3-11/h10-14,16-29,31-36H,2-9H2,1H3/t10-,11?,12?,13?,14?,16?,17?,18+,19?,20-,21+,22+,23-,24+,25+,26+,27+/m0/s1. The molecule has 3 heterocycles. The summed E-state index contributed by atoms with van der Waals surface area (Å²) in [5.41, 5.74) is 0. The van der Waals surface area contributed by atoms with E-state index in [1.165, 1.54) is 6.92 Å². The van der Waals surface area contributed by atoms with Gasteiger partial charge in [0, 0.05) is 19.3 Å². The summed E-state index contributed by atoms with van der Waals surface area (Å²) >= 11 is 0. The summed E-state index contributed by atoms with van der Waals surface area (Å²) < 4.78 is 28.9. The molecule has 2 saturated carbocycles. The zero-order valence-electron chi connectivity index (χ0n) is 23.0. The molecule has 0 bridgehead atoms. The van der Waals surface area contributed by atoms with Crippen LogP contribution in [0, 0.1) is 11.8 Å². The molecular weight excluding hydrogens is 548 g/mol. The predicted octanol–water partition coefficient (Wildman–Crippen LogP) is -2.93. The molecule has 236 valence electrons. The van der Waals surface area contributed by atoms with Gasteiger partial charge < -0.3 is 64.5 Å². The van der Waals surface area contributed by atoms with Crippen LogP contribution in [0.3, 0.4) is 0 Å². The zero-order chi connectivity index (χ0) is 29.6. The summed E-state index contributed by atoms with van der Waals surface area (Å²) in [6, 6.07) is 0. The molecule has 5 aliphatic rings. The molecule has 2 aliphatic carbocycles. The van der Waals surface area contributed by atoms with Crippen molar-refractivity contribution < 1.29 is 69.3 Å². The van der Waals surface area contributed by atoms with Gasteiger partial charge in [-0.15, -0.1) is 0 Å². The highest BCUT2D eigenvalue weighted by molar-refractivity contribution is 5.83. The molecule has 0 aromatic rings. The van der Waals surface area contributed by atoms with Crippen LogP contribution in [-0.2, 0) is 28.5 Å². The zero-order valence-corrected chi connectivity index (χ0v) is 23.0. The van der Waals surface area contributed by atoms with Crippen molar-refractivity contribution in [3.8, 4) is 0 Å². The maximum atomic E-state index is 13.0. The average Bonchev–Trinajstić information content (AvgIpc) is 2.94. The molecule has 0 radical (unpaired) electrons. The molecule has 5 rings (SSSR count). The summed E-state index contributed by atoms with van der Waals surface area (Å²) in [7, 11) is 0. The van der Waals surface area contributed by atoms with Gasteiger partial charge in [0.05, 0.1) is 49.1 Å². The normalized spacial score (nSPS) is 53.1. The number of ketones is 1. The van der Waals surface area contributed by atoms with Crippen molar-refractivity contribution in [3.63, 3.8) is 0 Å². The van der Waals surface area contributed by atoms with E-state index in [0.29, 0.717) is 12.8 Å². The van der Waals surface area contributed by atoms with Crippen LogP contribution in [0.1, 0.15) is 51.9 Å². The van der Waals surface area contributed by atoms with E-state index in [1.807, 2.05) is 0 Å². The Labute approximate surface area is 237 Å². The average molecular weight is 593 g/mol. The van der Waals surface area contributed by atoms with Gasteiger partial charge in [0.2, 0.25) is 0 Å². The number of fused-ring (bicyclic) bond motifs is 1. The van der Waals surface area contributed by atoms with Crippen molar-refractivity contribution in [2.45, 2.75) is 144 Å². The first-order valence-electron chi connectivity index (χ1n) is 14.6. The van der Waals surface area contributed by atoms with E-state index in [1.54, 1.807) is 0 Å². The number of Topliss-reactive ketones (excluding diaryl/α,β-unsaturated/α-hetero) is 1. The lowest BCUT2D eigenvalue weighted by molar-refractivity contribution is -0.336. The number of hydrogen-bond acceptors (Lipinski definition) is 14. The van der Waals surface area contributed by atoms with Gasteiger partial charge in [0.1, 0.15) is 48.5 Å². The molecule has 5 fully saturated rings. The summed E-state index contributed by atoms with van der Waals surface area (Å²) in [4.78, 5) is 13.0. The predicted molar refractivity (Wildman–Crippen MR) is 135 cm³/mol. The number of carbonyl (C=O) groups excluding carboxylic acids is 1. The molecule has 8 N–H and O–H groups in total. The second-order valence-corrected chi connectivity index (χ2v) is 12.3. The van der Waals surface area contributed by atoms with Crippen molar-refractivity contribution >= 4 is 5.78 Å². The molecule has 0 aromatic heterocycles. The third-order valence-corrected chi connectivity index (χ3v) is 9.43. The van der Waals surface area contributed by atoms with Gasteiger partial charge in [-0.3, -0.25) is 4.79 Å². The second-order valence-electron chi connectivity index (χ2n) is 12.3. The Morgan fingerprint density at radius 1 is 0.732 bits per heavy atom. The Hall–Kier alpha value is -0.850. The highest BCUT2D eigenvalue weighted by Crippen LogP contribution is 2.41. The van der Waals surface area contributed by atoms with Crippen LogP contribution in [0.5, 0.6) is 0 Å². The summed E-state index contributed by atoms with van der Waals surface area (Å²) in [6.45, 7) is 1.07. The van der Waals surface area contributed by atoms with Crippen molar-refractivity contribution in [1.29, 1.82) is 0 Å². The van der Waals surface area contributed by atoms with Crippen molar-refractivity contribution in [3.05, 3.63) is 0 Å². The molecular formula is C27H44O14. The van der Waals surface area contributed by atoms with E-state index < -0.39 is 92.2 Å². The number of aliphatic hydroxyl groups is 8. The van der Waals surface area contributed by atoms with Gasteiger partial charge in [-0.2, -0.15) is 0 Å². The Morgan fingerprint density at radius 3 is 2.10 bits per heavy atom. The van der Waals surface area contributed by atoms with Crippen LogP contribution in [0.15, 0.2) is 0 Å². The largest absolute Gasteiger partial charge is 0.393 e. The van der Waals surface area contributed by atoms with Crippen molar-refractivity contribution in [2.24, 2.45) is 11.8 Å². The maximum absolute atomic E-state index is 13.0. The van der Waals surface area contributed by atoms with Crippen molar-refractivity contribution in [2.75, 3.05) is 6.61 Å². The second kappa shape index (κ2) is 13.0. The highest BCUT2D eigenvalue weighted by atomic mass is 16.7. The Balaban J connectivity index is 1.19. The van der Waals surface area contributed by atoms with Gasteiger partial charge in [-0.05, 0) is 38.5 Å². The molecule has 14 heteroatoms. The van der Waals surface area contributed by atoms with Crippen LogP contribution in [0.2, 0.25) is 0 Å². The molecule has 0 spiro atoms. The van der Waals surface area contributed by atoms with E-state index in [2.05, 4.69) is 0 Å². The van der Waals surface area contributed by atoms with Crippen LogP contribution in [0.25, 0.3) is 0 Å². The molecule has 41 heavy (non-hydrogen) atoms. The van der Waals surface area contributed by atoms with Crippen LogP contribution in [-0.4, -0.2) is 145 Å². The number of aliphatic hydroxyl groups excluding tert-OH is 8. The van der Waals surface area contributed by atoms with E-state index in [0.717, 1.165) is 12.8 Å².